The molecule has 19 heteroatoms. The zero-order valence-electron chi connectivity index (χ0n) is 48.0. The minimum absolute atomic E-state index is 0.0573. The summed E-state index contributed by atoms with van der Waals surface area (Å²) in [6, 6.07) is 16.2. The fourth-order valence-corrected chi connectivity index (χ4v) is 13.8. The highest BCUT2D eigenvalue weighted by molar-refractivity contribution is 6.74. The van der Waals surface area contributed by atoms with E-state index >= 15 is 4.79 Å². The largest absolute Gasteiger partial charge is 0.456 e. The fraction of sp³-hybridized carbons (Fsp3) is 0.672. The van der Waals surface area contributed by atoms with Crippen LogP contribution in [0.25, 0.3) is 0 Å². The molecule has 3 aliphatic heterocycles. The second kappa shape index (κ2) is 20.6. The fourth-order valence-electron chi connectivity index (χ4n) is 12.6. The molecule has 2 N–H and O–H groups in total. The molecule has 18 nitrogen and oxygen atoms in total. The van der Waals surface area contributed by atoms with Crippen molar-refractivity contribution in [2.45, 2.75) is 192 Å². The van der Waals surface area contributed by atoms with E-state index < -0.39 is 132 Å². The first-order valence-electron chi connectivity index (χ1n) is 27.1. The maximum Gasteiger partial charge on any atom is 0.410 e. The molecule has 3 heterocycles. The van der Waals surface area contributed by atoms with Crippen molar-refractivity contribution in [3.63, 3.8) is 0 Å². The average Bonchev–Trinajstić information content (AvgIpc) is 3.81. The van der Waals surface area contributed by atoms with Crippen molar-refractivity contribution in [2.75, 3.05) is 39.8 Å². The molecule has 0 radical (unpaired) electrons. The van der Waals surface area contributed by atoms with Gasteiger partial charge in [-0.1, -0.05) is 90.1 Å². The van der Waals surface area contributed by atoms with Crippen molar-refractivity contribution in [3.8, 4) is 0 Å². The summed E-state index contributed by atoms with van der Waals surface area (Å²) < 4.78 is 60.4. The molecule has 2 amide bonds. The van der Waals surface area contributed by atoms with Gasteiger partial charge in [0.2, 0.25) is 0 Å². The van der Waals surface area contributed by atoms with Gasteiger partial charge < -0.3 is 62.5 Å². The Bertz CT molecular complexity index is 2590. The van der Waals surface area contributed by atoms with Gasteiger partial charge in [-0.25, -0.2) is 19.2 Å². The molecule has 5 fully saturated rings. The number of aliphatic hydroxyl groups is 1. The number of nitrogens with one attached hydrogen (secondary N) is 1. The Labute approximate surface area is 455 Å². The number of esters is 3. The van der Waals surface area contributed by atoms with Gasteiger partial charge in [-0.3, -0.25) is 4.79 Å². The number of likely N-dealkylation sites (N-methyl/N-ethyl adjacent to an activating group) is 1. The van der Waals surface area contributed by atoms with Crippen LogP contribution in [0.15, 0.2) is 71.8 Å². The Hall–Kier alpha value is -4.89. The van der Waals surface area contributed by atoms with E-state index in [1.54, 1.807) is 94.1 Å². The minimum atomic E-state index is -2.91. The number of carbonyl (C=O) groups is 5. The number of hydrogen-bond donors (Lipinski definition) is 2. The molecule has 12 atom stereocenters. The Morgan fingerprint density at radius 3 is 2.01 bits per heavy atom. The van der Waals surface area contributed by atoms with Gasteiger partial charge in [-0.15, -0.1) is 0 Å². The van der Waals surface area contributed by atoms with Crippen molar-refractivity contribution < 1.29 is 71.4 Å². The number of hydrogen-bond acceptors (Lipinski definition) is 16. The third-order valence-corrected chi connectivity index (χ3v) is 22.2. The molecule has 424 valence electrons. The second-order valence-electron chi connectivity index (χ2n) is 25.9. The van der Waals surface area contributed by atoms with Crippen LogP contribution in [-0.2, 0) is 51.9 Å². The SMILES string of the molecule is CC(=O)OC12COC1CC(OC(=O)N1CCN(C)CC1)[C@@]1(C)C3OC(C)(C)OC3C3=C(C)C(OC(=O)C(O[Si](C)(C)C(C)(C)C)C(NC(=O)OC(C)(C)C)c4ccccc4)CC(O)(C(OC(=O)c4ccccc4)C21)C3(C)C. The van der Waals surface area contributed by atoms with E-state index in [0.717, 1.165) is 0 Å². The van der Waals surface area contributed by atoms with Gasteiger partial charge in [-0.2, -0.15) is 0 Å². The van der Waals surface area contributed by atoms with Crippen LogP contribution in [0.2, 0.25) is 18.1 Å². The summed E-state index contributed by atoms with van der Waals surface area (Å²) in [6.45, 7) is 29.5. The lowest BCUT2D eigenvalue weighted by Crippen LogP contribution is -2.82. The number of benzene rings is 2. The molecule has 2 saturated carbocycles. The molecule has 6 aliphatic rings. The Kier molecular flexibility index (Phi) is 15.6. The maximum atomic E-state index is 15.7. The van der Waals surface area contributed by atoms with Crippen molar-refractivity contribution >= 4 is 38.4 Å². The summed E-state index contributed by atoms with van der Waals surface area (Å²) in [5.41, 5.74) is -5.83. The summed E-state index contributed by atoms with van der Waals surface area (Å²) in [5, 5.41) is 17.0. The summed E-state index contributed by atoms with van der Waals surface area (Å²) in [6.07, 6.45) is -10.1. The average molecular weight is 1090 g/mol. The predicted molar refractivity (Wildman–Crippen MR) is 286 cm³/mol. The number of alkyl carbamates (subject to hydrolysis) is 1. The first kappa shape index (κ1) is 58.3. The first-order chi connectivity index (χ1) is 35.7. The van der Waals surface area contributed by atoms with Gasteiger partial charge in [0.25, 0.3) is 0 Å². The number of ether oxygens (including phenoxy) is 8. The Morgan fingerprint density at radius 1 is 0.844 bits per heavy atom. The molecule has 0 spiro atoms. The zero-order valence-corrected chi connectivity index (χ0v) is 49.0. The molecular weight excluding hydrogens is 1010 g/mol. The first-order valence-corrected chi connectivity index (χ1v) is 30.0. The van der Waals surface area contributed by atoms with Crippen LogP contribution in [0.4, 0.5) is 9.59 Å². The molecule has 3 saturated heterocycles. The van der Waals surface area contributed by atoms with Crippen molar-refractivity contribution in [2.24, 2.45) is 16.7 Å². The van der Waals surface area contributed by atoms with Gasteiger partial charge in [0.15, 0.2) is 25.8 Å². The number of rotatable bonds is 11. The zero-order chi connectivity index (χ0) is 56.6. The molecule has 2 bridgehead atoms. The van der Waals surface area contributed by atoms with E-state index in [2.05, 4.69) is 10.2 Å². The molecule has 8 rings (SSSR count). The number of amides is 2. The summed E-state index contributed by atoms with van der Waals surface area (Å²) >= 11 is 0. The van der Waals surface area contributed by atoms with Crippen molar-refractivity contribution in [3.05, 3.63) is 82.9 Å². The summed E-state index contributed by atoms with van der Waals surface area (Å²) in [4.78, 5) is 76.5. The van der Waals surface area contributed by atoms with Crippen LogP contribution in [0.3, 0.4) is 0 Å². The lowest BCUT2D eigenvalue weighted by Gasteiger charge is -2.69. The monoisotopic (exact) mass is 1090 g/mol. The van der Waals surface area contributed by atoms with Crippen molar-refractivity contribution in [1.29, 1.82) is 0 Å². The molecule has 0 aromatic heterocycles. The second-order valence-corrected chi connectivity index (χ2v) is 30.6. The Balaban J connectivity index is 1.34. The van der Waals surface area contributed by atoms with Gasteiger partial charge in [0.05, 0.1) is 24.1 Å². The van der Waals surface area contributed by atoms with Crippen molar-refractivity contribution in [1.82, 2.24) is 15.1 Å². The highest BCUT2D eigenvalue weighted by atomic mass is 28.4. The molecule has 2 aromatic carbocycles. The van der Waals surface area contributed by atoms with E-state index in [1.807, 2.05) is 74.7 Å². The highest BCUT2D eigenvalue weighted by Crippen LogP contribution is 2.68. The maximum absolute atomic E-state index is 15.7. The lowest BCUT2D eigenvalue weighted by atomic mass is 9.44. The van der Waals surface area contributed by atoms with Crippen LogP contribution < -0.4 is 5.32 Å². The van der Waals surface area contributed by atoms with Crippen LogP contribution in [-0.4, -0.2) is 158 Å². The predicted octanol–water partition coefficient (Wildman–Crippen LogP) is 8.27. The molecule has 2 aromatic rings. The van der Waals surface area contributed by atoms with Crippen LogP contribution in [0.1, 0.15) is 125 Å². The molecular formula is C58H83N3O15Si. The summed E-state index contributed by atoms with van der Waals surface area (Å²) in [5.74, 6) is -4.85. The van der Waals surface area contributed by atoms with Gasteiger partial charge in [-0.05, 0) is 95.6 Å². The third-order valence-electron chi connectivity index (χ3n) is 17.7. The Morgan fingerprint density at radius 2 is 1.45 bits per heavy atom. The molecule has 3 aliphatic carbocycles. The topological polar surface area (TPSA) is 207 Å². The third kappa shape index (κ3) is 10.8. The van der Waals surface area contributed by atoms with Gasteiger partial charge >= 0.3 is 30.1 Å². The number of fused-ring (bicyclic) bond motifs is 8. The van der Waals surface area contributed by atoms with Gasteiger partial charge in [0.1, 0.15) is 47.8 Å². The quantitative estimate of drug-likeness (QED) is 0.0940. The lowest BCUT2D eigenvalue weighted by molar-refractivity contribution is -0.362. The number of nitrogens with zero attached hydrogens (tertiary/aromatic N) is 2. The standard InChI is InChI=1S/C58H83N3O15Si/c1-34-38(69-49(64)44(76-77(15,16)53(6,7)8)42(36-23-19-17-20-24-36)59-50(65)75-52(3,4)5)32-58(67)47(71-48(63)37-25-21-18-22-26-37)45-56(13,46-43(41(34)54(58,9)10)73-55(11,12)74-46)39(31-40-57(45,33-68-40)72-35(2)62)70-51(66)61-29-27-60(14)28-30-61/h17-26,38-40,42-47,67H,27-33H2,1-16H3,(H,59,65)/t38?,39?,40?,42?,43?,44?,45?,46?,47?,56-,57?,58?/m1/s1. The van der Waals surface area contributed by atoms with Gasteiger partial charge in [0, 0.05) is 56.8 Å². The smallest absolute Gasteiger partial charge is 0.410 e. The highest BCUT2D eigenvalue weighted by Gasteiger charge is 2.80. The van der Waals surface area contributed by atoms with E-state index in [9.17, 15) is 24.3 Å². The normalized spacial score (nSPS) is 32.5. The molecule has 11 unspecified atom stereocenters. The number of carbonyl (C=O) groups excluding carboxylic acids is 5. The van der Waals surface area contributed by atoms with Crippen LogP contribution >= 0.6 is 0 Å². The van der Waals surface area contributed by atoms with E-state index in [4.69, 9.17) is 42.3 Å². The number of piperazine rings is 1. The van der Waals surface area contributed by atoms with Crippen LogP contribution in [0.5, 0.6) is 0 Å². The van der Waals surface area contributed by atoms with Crippen LogP contribution in [0, 0.1) is 16.7 Å². The summed E-state index contributed by atoms with van der Waals surface area (Å²) in [7, 11) is -0.924. The van der Waals surface area contributed by atoms with E-state index in [1.165, 1.54) is 6.92 Å². The van der Waals surface area contributed by atoms with E-state index in [-0.39, 0.29) is 25.0 Å². The molecule has 77 heavy (non-hydrogen) atoms. The van der Waals surface area contributed by atoms with E-state index in [0.29, 0.717) is 42.9 Å². The minimum Gasteiger partial charge on any atom is -0.456 e.